The van der Waals surface area contributed by atoms with Crippen molar-refractivity contribution in [2.75, 3.05) is 0 Å². The molecule has 1 heterocycles. The molecule has 0 aliphatic carbocycles. The van der Waals surface area contributed by atoms with Crippen LogP contribution in [-0.4, -0.2) is 16.1 Å². The van der Waals surface area contributed by atoms with Gasteiger partial charge in [-0.15, -0.1) is 0 Å². The Labute approximate surface area is 222 Å². The number of rotatable bonds is 7. The van der Waals surface area contributed by atoms with Crippen molar-refractivity contribution in [3.63, 3.8) is 0 Å². The lowest BCUT2D eigenvalue weighted by Gasteiger charge is -2.17. The summed E-state index contributed by atoms with van der Waals surface area (Å²) >= 11 is 0. The summed E-state index contributed by atoms with van der Waals surface area (Å²) in [6, 6.07) is 28.1. The van der Waals surface area contributed by atoms with Crippen molar-refractivity contribution in [1.29, 1.82) is 0 Å². The number of pyridine rings is 1. The Morgan fingerprint density at radius 1 is 0.872 bits per heavy atom. The molecule has 194 valence electrons. The molecular weight excluding hydrogens is 503 g/mol. The molecule has 0 bridgehead atoms. The van der Waals surface area contributed by atoms with E-state index in [1.165, 1.54) is 18.3 Å². The van der Waals surface area contributed by atoms with E-state index in [0.29, 0.717) is 27.8 Å². The smallest absolute Gasteiger partial charge is 0.418 e. The zero-order chi connectivity index (χ0) is 27.4. The Hall–Kier alpha value is -4.91. The molecule has 0 spiro atoms. The van der Waals surface area contributed by atoms with E-state index in [-0.39, 0.29) is 12.1 Å². The first kappa shape index (κ1) is 25.7. The average Bonchev–Trinajstić information content (AvgIpc) is 2.94. The Bertz CT molecular complexity index is 1660. The van der Waals surface area contributed by atoms with Crippen LogP contribution in [0.2, 0.25) is 0 Å². The Morgan fingerprint density at radius 3 is 2.31 bits per heavy atom. The van der Waals surface area contributed by atoms with Crippen LogP contribution in [0.25, 0.3) is 39.2 Å². The third kappa shape index (κ3) is 5.83. The third-order valence-electron chi connectivity index (χ3n) is 6.21. The number of ether oxygens (including phenoxy) is 1. The zero-order valence-electron chi connectivity index (χ0n) is 20.5. The van der Waals surface area contributed by atoms with E-state index in [1.54, 1.807) is 30.3 Å². The van der Waals surface area contributed by atoms with Crippen molar-refractivity contribution in [3.05, 3.63) is 126 Å². The van der Waals surface area contributed by atoms with Gasteiger partial charge in [0.25, 0.3) is 0 Å². The molecule has 5 rings (SSSR count). The minimum Gasteiger partial charge on any atom is -0.489 e. The summed E-state index contributed by atoms with van der Waals surface area (Å²) in [5.74, 6) is -0.465. The van der Waals surface area contributed by atoms with Crippen LogP contribution >= 0.6 is 0 Å². The summed E-state index contributed by atoms with van der Waals surface area (Å²) < 4.78 is 47.5. The molecule has 0 saturated heterocycles. The number of aliphatic carboxylic acids is 1. The molecule has 7 heteroatoms. The standard InChI is InChI=1S/C32H22F3NO3/c33-32(34,35)28-11-5-10-26-30(27(19-36-31(26)28)23-6-2-1-3-7-23)24-8-4-9-25(18-24)39-20-22-14-12-21(13-15-22)16-17-29(37)38/h1-19H,20H2,(H,37,38). The molecule has 5 aromatic rings. The van der Waals surface area contributed by atoms with Gasteiger partial charge in [0.05, 0.1) is 11.1 Å². The quantitative estimate of drug-likeness (QED) is 0.217. The Kier molecular flexibility index (Phi) is 7.14. The topological polar surface area (TPSA) is 59.4 Å². The van der Waals surface area contributed by atoms with Crippen LogP contribution < -0.4 is 4.74 Å². The van der Waals surface area contributed by atoms with E-state index < -0.39 is 17.7 Å². The predicted molar refractivity (Wildman–Crippen MR) is 145 cm³/mol. The lowest BCUT2D eigenvalue weighted by Crippen LogP contribution is -2.07. The molecule has 4 nitrogen and oxygen atoms in total. The van der Waals surface area contributed by atoms with E-state index in [0.717, 1.165) is 28.8 Å². The number of halogens is 3. The van der Waals surface area contributed by atoms with E-state index in [1.807, 2.05) is 54.6 Å². The lowest BCUT2D eigenvalue weighted by atomic mass is 9.91. The molecule has 39 heavy (non-hydrogen) atoms. The largest absolute Gasteiger partial charge is 0.489 e. The van der Waals surface area contributed by atoms with Gasteiger partial charge in [0.1, 0.15) is 12.4 Å². The first-order valence-electron chi connectivity index (χ1n) is 12.1. The molecule has 0 aliphatic rings. The van der Waals surface area contributed by atoms with Crippen LogP contribution in [0, 0.1) is 0 Å². The van der Waals surface area contributed by atoms with Gasteiger partial charge in [0.15, 0.2) is 0 Å². The Morgan fingerprint density at radius 2 is 1.59 bits per heavy atom. The first-order valence-corrected chi connectivity index (χ1v) is 12.1. The first-order chi connectivity index (χ1) is 18.8. The van der Waals surface area contributed by atoms with Gasteiger partial charge in [0, 0.05) is 28.8 Å². The highest BCUT2D eigenvalue weighted by atomic mass is 19.4. The fourth-order valence-electron chi connectivity index (χ4n) is 4.40. The summed E-state index contributed by atoms with van der Waals surface area (Å²) in [6.07, 6.45) is -0.469. The number of para-hydroxylation sites is 1. The summed E-state index contributed by atoms with van der Waals surface area (Å²) in [4.78, 5) is 15.0. The highest BCUT2D eigenvalue weighted by molar-refractivity contribution is 6.03. The minimum absolute atomic E-state index is 0.108. The number of alkyl halides is 3. The number of benzene rings is 4. The minimum atomic E-state index is -4.54. The van der Waals surface area contributed by atoms with Crippen molar-refractivity contribution in [3.8, 4) is 28.0 Å². The third-order valence-corrected chi connectivity index (χ3v) is 6.21. The summed E-state index contributed by atoms with van der Waals surface area (Å²) in [7, 11) is 0. The second-order valence-corrected chi connectivity index (χ2v) is 8.84. The summed E-state index contributed by atoms with van der Waals surface area (Å²) in [6.45, 7) is 0.257. The lowest BCUT2D eigenvalue weighted by molar-refractivity contribution is -0.136. The van der Waals surface area contributed by atoms with Crippen molar-refractivity contribution in [2.45, 2.75) is 12.8 Å². The van der Waals surface area contributed by atoms with Gasteiger partial charge in [-0.1, -0.05) is 78.9 Å². The van der Waals surface area contributed by atoms with Gasteiger partial charge in [0.2, 0.25) is 0 Å². The van der Waals surface area contributed by atoms with Crippen LogP contribution in [0.3, 0.4) is 0 Å². The predicted octanol–water partition coefficient (Wildman–Crippen LogP) is 8.26. The van der Waals surface area contributed by atoms with Crippen molar-refractivity contribution in [2.24, 2.45) is 0 Å². The monoisotopic (exact) mass is 525 g/mol. The molecule has 0 aliphatic heterocycles. The van der Waals surface area contributed by atoms with Gasteiger partial charge in [-0.25, -0.2) is 4.79 Å². The second-order valence-electron chi connectivity index (χ2n) is 8.84. The fourth-order valence-corrected chi connectivity index (χ4v) is 4.40. The van der Waals surface area contributed by atoms with Gasteiger partial charge >= 0.3 is 12.1 Å². The maximum atomic E-state index is 13.8. The summed E-state index contributed by atoms with van der Waals surface area (Å²) in [5, 5.41) is 9.17. The molecule has 0 saturated carbocycles. The fraction of sp³-hybridized carbons (Fsp3) is 0.0625. The zero-order valence-corrected chi connectivity index (χ0v) is 20.5. The number of carboxylic acids is 1. The number of hydrogen-bond acceptors (Lipinski definition) is 3. The molecule has 0 radical (unpaired) electrons. The number of nitrogens with zero attached hydrogens (tertiary/aromatic N) is 1. The van der Waals surface area contributed by atoms with Crippen LogP contribution in [-0.2, 0) is 17.6 Å². The molecule has 4 aromatic carbocycles. The number of carbonyl (C=O) groups is 1. The molecule has 1 aromatic heterocycles. The van der Waals surface area contributed by atoms with E-state index >= 15 is 0 Å². The van der Waals surface area contributed by atoms with E-state index in [9.17, 15) is 18.0 Å². The van der Waals surface area contributed by atoms with Gasteiger partial charge < -0.3 is 9.84 Å². The molecule has 0 unspecified atom stereocenters. The van der Waals surface area contributed by atoms with E-state index in [4.69, 9.17) is 9.84 Å². The molecule has 0 fully saturated rings. The van der Waals surface area contributed by atoms with Crippen molar-refractivity contribution in [1.82, 2.24) is 4.98 Å². The maximum Gasteiger partial charge on any atom is 0.418 e. The maximum absolute atomic E-state index is 13.8. The van der Waals surface area contributed by atoms with Gasteiger partial charge in [-0.2, -0.15) is 13.2 Å². The van der Waals surface area contributed by atoms with Crippen molar-refractivity contribution < 1.29 is 27.8 Å². The van der Waals surface area contributed by atoms with Crippen LogP contribution in [0.15, 0.2) is 109 Å². The second kappa shape index (κ2) is 10.8. The van der Waals surface area contributed by atoms with Crippen molar-refractivity contribution >= 4 is 22.9 Å². The number of fused-ring (bicyclic) bond motifs is 1. The Balaban J connectivity index is 1.53. The number of hydrogen-bond donors (Lipinski definition) is 1. The highest BCUT2D eigenvalue weighted by Gasteiger charge is 2.33. The number of carboxylic acid groups (broad SMARTS) is 1. The molecule has 0 atom stereocenters. The highest BCUT2D eigenvalue weighted by Crippen LogP contribution is 2.42. The van der Waals surface area contributed by atoms with Crippen LogP contribution in [0.1, 0.15) is 16.7 Å². The van der Waals surface area contributed by atoms with Crippen LogP contribution in [0.4, 0.5) is 13.2 Å². The molecular formula is C32H22F3NO3. The molecule has 0 amide bonds. The van der Waals surface area contributed by atoms with E-state index in [2.05, 4.69) is 4.98 Å². The summed E-state index contributed by atoms with van der Waals surface area (Å²) in [5.41, 5.74) is 3.62. The van der Waals surface area contributed by atoms with Crippen LogP contribution in [0.5, 0.6) is 5.75 Å². The normalized spacial score (nSPS) is 11.7. The average molecular weight is 526 g/mol. The number of aromatic nitrogens is 1. The molecule has 1 N–H and O–H groups in total. The van der Waals surface area contributed by atoms with Gasteiger partial charge in [-0.05, 0) is 46.5 Å². The van der Waals surface area contributed by atoms with Gasteiger partial charge in [-0.3, -0.25) is 4.98 Å². The SMILES string of the molecule is O=C(O)C=Cc1ccc(COc2cccc(-c3c(-c4ccccc4)cnc4c(C(F)(F)F)cccc34)c2)cc1.